The zero-order valence-corrected chi connectivity index (χ0v) is 18.6. The molecule has 3 aromatic rings. The lowest BCUT2D eigenvalue weighted by Crippen LogP contribution is -2.13. The van der Waals surface area contributed by atoms with Crippen LogP contribution >= 0.6 is 0 Å². The van der Waals surface area contributed by atoms with Crippen molar-refractivity contribution in [2.45, 2.75) is 78.6 Å². The second-order valence-electron chi connectivity index (χ2n) is 10.6. The Morgan fingerprint density at radius 3 is 1.25 bits per heavy atom. The molecule has 28 heavy (non-hydrogen) atoms. The molecule has 0 spiro atoms. The van der Waals surface area contributed by atoms with E-state index in [1.807, 2.05) is 21.8 Å². The van der Waals surface area contributed by atoms with Crippen molar-refractivity contribution < 1.29 is 0 Å². The molecule has 2 aromatic heterocycles. The van der Waals surface area contributed by atoms with Crippen molar-refractivity contribution in [3.05, 3.63) is 47.5 Å². The zero-order chi connectivity index (χ0) is 20.9. The number of nitrogens with zero attached hydrogens (tertiary/aromatic N) is 6. The second-order valence-corrected chi connectivity index (χ2v) is 10.6. The van der Waals surface area contributed by atoms with E-state index in [1.165, 1.54) is 5.56 Å². The Morgan fingerprint density at radius 2 is 0.964 bits per heavy atom. The maximum absolute atomic E-state index is 4.38. The van der Waals surface area contributed by atoms with E-state index in [1.54, 1.807) is 0 Å². The van der Waals surface area contributed by atoms with Gasteiger partial charge >= 0.3 is 0 Å². The number of hydrogen-bond donors (Lipinski definition) is 0. The SMILES string of the molecule is CC(C)(C)c1cc(-n2cc(C(C)(C)C)nn2)cc(-n2cc(C(C)(C)C)nn2)c1. The van der Waals surface area contributed by atoms with Crippen molar-refractivity contribution in [2.75, 3.05) is 0 Å². The van der Waals surface area contributed by atoms with Gasteiger partial charge in [0, 0.05) is 10.8 Å². The lowest BCUT2D eigenvalue weighted by Gasteiger charge is -2.21. The van der Waals surface area contributed by atoms with Gasteiger partial charge in [0.05, 0.1) is 35.2 Å². The molecule has 0 amide bonds. The molecule has 6 nitrogen and oxygen atoms in total. The first-order valence-corrected chi connectivity index (χ1v) is 9.77. The van der Waals surface area contributed by atoms with Crippen LogP contribution in [0.5, 0.6) is 0 Å². The van der Waals surface area contributed by atoms with Gasteiger partial charge in [0.2, 0.25) is 0 Å². The van der Waals surface area contributed by atoms with Crippen LogP contribution in [-0.4, -0.2) is 30.0 Å². The first kappa shape index (κ1) is 20.2. The summed E-state index contributed by atoms with van der Waals surface area (Å²) in [6.07, 6.45) is 4.01. The average molecular weight is 381 g/mol. The number of aromatic nitrogens is 6. The Bertz CT molecular complexity index is 903. The third kappa shape index (κ3) is 4.16. The topological polar surface area (TPSA) is 61.4 Å². The van der Waals surface area contributed by atoms with E-state index in [9.17, 15) is 0 Å². The Labute approximate surface area is 168 Å². The molecule has 0 atom stereocenters. The molecule has 3 rings (SSSR count). The molecule has 1 aromatic carbocycles. The molecule has 6 heteroatoms. The van der Waals surface area contributed by atoms with Crippen LogP contribution in [0.4, 0.5) is 0 Å². The van der Waals surface area contributed by atoms with Crippen LogP contribution in [0.25, 0.3) is 11.4 Å². The maximum Gasteiger partial charge on any atom is 0.0885 e. The van der Waals surface area contributed by atoms with Crippen LogP contribution in [0, 0.1) is 0 Å². The summed E-state index contributed by atoms with van der Waals surface area (Å²) in [6.45, 7) is 19.5. The molecule has 0 aliphatic carbocycles. The minimum absolute atomic E-state index is 0.00830. The Morgan fingerprint density at radius 1 is 0.571 bits per heavy atom. The largest absolute Gasteiger partial charge is 0.220 e. The number of rotatable bonds is 2. The summed E-state index contributed by atoms with van der Waals surface area (Å²) in [5.74, 6) is 0. The van der Waals surface area contributed by atoms with E-state index in [2.05, 4.69) is 101 Å². The lowest BCUT2D eigenvalue weighted by molar-refractivity contribution is 0.566. The highest BCUT2D eigenvalue weighted by atomic mass is 15.4. The van der Waals surface area contributed by atoms with Crippen LogP contribution in [0.3, 0.4) is 0 Å². The molecular weight excluding hydrogens is 348 g/mol. The number of hydrogen-bond acceptors (Lipinski definition) is 4. The predicted molar refractivity (Wildman–Crippen MR) is 112 cm³/mol. The van der Waals surface area contributed by atoms with E-state index < -0.39 is 0 Å². The third-order valence-electron chi connectivity index (χ3n) is 4.82. The van der Waals surface area contributed by atoms with Crippen molar-refractivity contribution in [2.24, 2.45) is 0 Å². The molecule has 0 aliphatic rings. The van der Waals surface area contributed by atoms with E-state index in [4.69, 9.17) is 0 Å². The highest BCUT2D eigenvalue weighted by Crippen LogP contribution is 2.29. The van der Waals surface area contributed by atoms with Crippen LogP contribution in [0.1, 0.15) is 79.3 Å². The van der Waals surface area contributed by atoms with Crippen molar-refractivity contribution in [3.63, 3.8) is 0 Å². The van der Waals surface area contributed by atoms with E-state index in [0.29, 0.717) is 0 Å². The standard InChI is InChI=1S/C22H32N6/c1-20(2,3)15-10-16(27-13-18(23-25-27)21(4,5)6)12-17(11-15)28-14-19(24-26-28)22(7,8)9/h10-14H,1-9H3. The smallest absolute Gasteiger partial charge is 0.0885 e. The van der Waals surface area contributed by atoms with Gasteiger partial charge in [-0.2, -0.15) is 0 Å². The number of benzene rings is 1. The minimum Gasteiger partial charge on any atom is -0.220 e. The molecule has 0 saturated heterocycles. The fourth-order valence-electron chi connectivity index (χ4n) is 2.76. The van der Waals surface area contributed by atoms with Gasteiger partial charge in [-0.3, -0.25) is 0 Å². The maximum atomic E-state index is 4.38. The van der Waals surface area contributed by atoms with Gasteiger partial charge in [0.1, 0.15) is 0 Å². The van der Waals surface area contributed by atoms with E-state index in [-0.39, 0.29) is 16.2 Å². The van der Waals surface area contributed by atoms with Crippen molar-refractivity contribution in [1.29, 1.82) is 0 Å². The molecule has 0 aliphatic heterocycles. The average Bonchev–Trinajstić information content (AvgIpc) is 3.22. The zero-order valence-electron chi connectivity index (χ0n) is 18.6. The van der Waals surface area contributed by atoms with Gasteiger partial charge in [0.15, 0.2) is 0 Å². The quantitative estimate of drug-likeness (QED) is 0.644. The van der Waals surface area contributed by atoms with Crippen molar-refractivity contribution in [3.8, 4) is 11.4 Å². The van der Waals surface area contributed by atoms with Gasteiger partial charge in [-0.25, -0.2) is 9.36 Å². The Hall–Kier alpha value is -2.50. The monoisotopic (exact) mass is 380 g/mol. The summed E-state index contributed by atoms with van der Waals surface area (Å²) in [5, 5.41) is 17.5. The van der Waals surface area contributed by atoms with Gasteiger partial charge in [-0.1, -0.05) is 72.7 Å². The van der Waals surface area contributed by atoms with Crippen LogP contribution < -0.4 is 0 Å². The van der Waals surface area contributed by atoms with Gasteiger partial charge in [-0.05, 0) is 29.2 Å². The molecule has 0 unspecified atom stereocenters. The van der Waals surface area contributed by atoms with Crippen LogP contribution in [0.2, 0.25) is 0 Å². The first-order valence-electron chi connectivity index (χ1n) is 9.77. The second kappa shape index (κ2) is 6.54. The summed E-state index contributed by atoms with van der Waals surface area (Å²) in [7, 11) is 0. The molecule has 0 bridgehead atoms. The molecule has 2 heterocycles. The first-order chi connectivity index (χ1) is 12.7. The van der Waals surface area contributed by atoms with Crippen LogP contribution in [0.15, 0.2) is 30.6 Å². The molecule has 150 valence electrons. The fourth-order valence-corrected chi connectivity index (χ4v) is 2.76. The van der Waals surface area contributed by atoms with Gasteiger partial charge < -0.3 is 0 Å². The Balaban J connectivity index is 2.13. The normalized spacial score (nSPS) is 13.2. The Kier molecular flexibility index (Phi) is 4.72. The summed E-state index contributed by atoms with van der Waals surface area (Å²) in [4.78, 5) is 0. The summed E-state index contributed by atoms with van der Waals surface area (Å²) in [6, 6.07) is 6.43. The summed E-state index contributed by atoms with van der Waals surface area (Å²) < 4.78 is 3.70. The van der Waals surface area contributed by atoms with E-state index in [0.717, 1.165) is 22.8 Å². The van der Waals surface area contributed by atoms with Gasteiger partial charge in [-0.15, -0.1) is 10.2 Å². The van der Waals surface area contributed by atoms with Crippen LogP contribution in [-0.2, 0) is 16.2 Å². The summed E-state index contributed by atoms with van der Waals surface area (Å²) >= 11 is 0. The van der Waals surface area contributed by atoms with E-state index >= 15 is 0 Å². The molecule has 0 fully saturated rings. The van der Waals surface area contributed by atoms with Crippen molar-refractivity contribution >= 4 is 0 Å². The third-order valence-corrected chi connectivity index (χ3v) is 4.82. The highest BCUT2D eigenvalue weighted by Gasteiger charge is 2.22. The predicted octanol–water partition coefficient (Wildman–Crippen LogP) is 4.74. The highest BCUT2D eigenvalue weighted by molar-refractivity contribution is 5.48. The molecular formula is C22H32N6. The molecule has 0 saturated carbocycles. The molecule has 0 radical (unpaired) electrons. The van der Waals surface area contributed by atoms with Crippen molar-refractivity contribution in [1.82, 2.24) is 30.0 Å². The minimum atomic E-state index is -0.0454. The van der Waals surface area contributed by atoms with Gasteiger partial charge in [0.25, 0.3) is 0 Å². The molecule has 0 N–H and O–H groups in total. The summed E-state index contributed by atoms with van der Waals surface area (Å²) in [5.41, 5.74) is 4.98. The fraction of sp³-hybridized carbons (Fsp3) is 0.545. The lowest BCUT2D eigenvalue weighted by atomic mass is 9.86.